The lowest BCUT2D eigenvalue weighted by Gasteiger charge is -2.06. The van der Waals surface area contributed by atoms with Crippen LogP contribution in [0.2, 0.25) is 0 Å². The molecule has 0 fully saturated rings. The number of amides is 1. The minimum atomic E-state index is -0.207. The molecule has 0 saturated carbocycles. The number of rotatable bonds is 5. The van der Waals surface area contributed by atoms with Crippen LogP contribution < -0.4 is 10.1 Å². The Morgan fingerprint density at radius 2 is 1.95 bits per heavy atom. The summed E-state index contributed by atoms with van der Waals surface area (Å²) in [6, 6.07) is 13.0. The molecule has 0 spiro atoms. The molecule has 0 aliphatic carbocycles. The van der Waals surface area contributed by atoms with Crippen LogP contribution in [-0.4, -0.2) is 11.9 Å². The molecule has 0 bridgehead atoms. The zero-order valence-corrected chi connectivity index (χ0v) is 11.1. The van der Waals surface area contributed by atoms with E-state index in [0.717, 1.165) is 5.75 Å². The second-order valence-corrected chi connectivity index (χ2v) is 4.50. The number of carbonyl (C=O) groups is 1. The molecule has 2 aromatic rings. The maximum absolute atomic E-state index is 11.7. The van der Waals surface area contributed by atoms with E-state index in [1.807, 2.05) is 44.2 Å². The Hall–Kier alpha value is -2.23. The van der Waals surface area contributed by atoms with Crippen LogP contribution in [0.4, 0.5) is 0 Å². The summed E-state index contributed by atoms with van der Waals surface area (Å²) in [5.74, 6) is 1.49. The average molecular weight is 259 g/mol. The summed E-state index contributed by atoms with van der Waals surface area (Å²) in [6.45, 7) is 4.11. The second kappa shape index (κ2) is 6.09. The van der Waals surface area contributed by atoms with E-state index in [1.54, 1.807) is 12.1 Å². The normalized spacial score (nSPS) is 10.5. The van der Waals surface area contributed by atoms with Gasteiger partial charge in [0.15, 0.2) is 5.76 Å². The number of hydrogen-bond donors (Lipinski definition) is 1. The van der Waals surface area contributed by atoms with Gasteiger partial charge in [0.25, 0.3) is 5.91 Å². The van der Waals surface area contributed by atoms with Crippen molar-refractivity contribution >= 4 is 5.91 Å². The first-order valence-corrected chi connectivity index (χ1v) is 6.22. The van der Waals surface area contributed by atoms with Crippen LogP contribution in [0.15, 0.2) is 46.9 Å². The number of carbonyl (C=O) groups excluding carboxylic acids is 1. The standard InChI is InChI=1S/C15H17NO3/c1-11(2)16-15(17)14-9-8-13(19-14)10-18-12-6-4-3-5-7-12/h3-9,11H,10H2,1-2H3,(H,16,17). The first kappa shape index (κ1) is 13.2. The number of benzene rings is 1. The van der Waals surface area contributed by atoms with Crippen molar-refractivity contribution < 1.29 is 13.9 Å². The molecule has 1 N–H and O–H groups in total. The van der Waals surface area contributed by atoms with Crippen molar-refractivity contribution in [2.75, 3.05) is 0 Å². The van der Waals surface area contributed by atoms with Crippen LogP contribution in [0, 0.1) is 0 Å². The number of furan rings is 1. The van der Waals surface area contributed by atoms with Gasteiger partial charge < -0.3 is 14.5 Å². The Kier molecular flexibility index (Phi) is 4.23. The van der Waals surface area contributed by atoms with Crippen molar-refractivity contribution in [2.45, 2.75) is 26.5 Å². The number of nitrogens with one attached hydrogen (secondary N) is 1. The van der Waals surface area contributed by atoms with E-state index in [0.29, 0.717) is 18.1 Å². The van der Waals surface area contributed by atoms with E-state index >= 15 is 0 Å². The van der Waals surface area contributed by atoms with Crippen molar-refractivity contribution in [2.24, 2.45) is 0 Å². The summed E-state index contributed by atoms with van der Waals surface area (Å²) in [5.41, 5.74) is 0. The highest BCUT2D eigenvalue weighted by atomic mass is 16.5. The molecule has 100 valence electrons. The van der Waals surface area contributed by atoms with Gasteiger partial charge in [-0.3, -0.25) is 4.79 Å². The van der Waals surface area contributed by atoms with Crippen molar-refractivity contribution in [3.8, 4) is 5.75 Å². The molecule has 19 heavy (non-hydrogen) atoms. The fraction of sp³-hybridized carbons (Fsp3) is 0.267. The van der Waals surface area contributed by atoms with E-state index in [1.165, 1.54) is 0 Å². The summed E-state index contributed by atoms with van der Waals surface area (Å²) in [4.78, 5) is 11.7. The smallest absolute Gasteiger partial charge is 0.287 e. The van der Waals surface area contributed by atoms with E-state index in [2.05, 4.69) is 5.32 Å². The molecular weight excluding hydrogens is 242 g/mol. The molecule has 0 unspecified atom stereocenters. The molecule has 0 atom stereocenters. The van der Waals surface area contributed by atoms with Crippen LogP contribution in [0.25, 0.3) is 0 Å². The largest absolute Gasteiger partial charge is 0.486 e. The quantitative estimate of drug-likeness (QED) is 0.898. The lowest BCUT2D eigenvalue weighted by molar-refractivity contribution is 0.0911. The molecule has 1 heterocycles. The first-order valence-electron chi connectivity index (χ1n) is 6.22. The summed E-state index contributed by atoms with van der Waals surface area (Å²) in [7, 11) is 0. The maximum Gasteiger partial charge on any atom is 0.287 e. The third-order valence-electron chi connectivity index (χ3n) is 2.43. The van der Waals surface area contributed by atoms with Crippen LogP contribution in [0.1, 0.15) is 30.2 Å². The van der Waals surface area contributed by atoms with Crippen LogP contribution in [0.3, 0.4) is 0 Å². The Bertz CT molecular complexity index is 531. The molecule has 4 heteroatoms. The number of para-hydroxylation sites is 1. The Labute approximate surface area is 112 Å². The fourth-order valence-electron chi connectivity index (χ4n) is 1.58. The van der Waals surface area contributed by atoms with Crippen molar-refractivity contribution in [3.63, 3.8) is 0 Å². The molecule has 0 aliphatic rings. The molecule has 2 rings (SSSR count). The van der Waals surface area contributed by atoms with Gasteiger partial charge in [-0.15, -0.1) is 0 Å². The number of ether oxygens (including phenoxy) is 1. The van der Waals surface area contributed by atoms with Gasteiger partial charge in [-0.05, 0) is 38.1 Å². The predicted molar refractivity (Wildman–Crippen MR) is 72.1 cm³/mol. The molecule has 1 amide bonds. The van der Waals surface area contributed by atoms with Crippen molar-refractivity contribution in [1.29, 1.82) is 0 Å². The molecule has 0 saturated heterocycles. The SMILES string of the molecule is CC(C)NC(=O)c1ccc(COc2ccccc2)o1. The summed E-state index contributed by atoms with van der Waals surface area (Å²) in [6.07, 6.45) is 0. The fourth-order valence-corrected chi connectivity index (χ4v) is 1.58. The van der Waals surface area contributed by atoms with Gasteiger partial charge in [0, 0.05) is 6.04 Å². The Morgan fingerprint density at radius 3 is 2.63 bits per heavy atom. The van der Waals surface area contributed by atoms with E-state index in [9.17, 15) is 4.79 Å². The molecule has 1 aromatic carbocycles. The van der Waals surface area contributed by atoms with E-state index in [4.69, 9.17) is 9.15 Å². The third kappa shape index (κ3) is 3.88. The lowest BCUT2D eigenvalue weighted by Crippen LogP contribution is -2.29. The zero-order chi connectivity index (χ0) is 13.7. The van der Waals surface area contributed by atoms with Gasteiger partial charge in [0.05, 0.1) is 0 Å². The predicted octanol–water partition coefficient (Wildman–Crippen LogP) is 3.00. The molecule has 0 radical (unpaired) electrons. The first-order chi connectivity index (χ1) is 9.15. The summed E-state index contributed by atoms with van der Waals surface area (Å²) in [5, 5.41) is 2.77. The van der Waals surface area contributed by atoms with E-state index < -0.39 is 0 Å². The molecule has 1 aromatic heterocycles. The van der Waals surface area contributed by atoms with Gasteiger partial charge in [-0.25, -0.2) is 0 Å². The number of hydrogen-bond acceptors (Lipinski definition) is 3. The molecule has 0 aliphatic heterocycles. The average Bonchev–Trinajstić information content (AvgIpc) is 2.86. The van der Waals surface area contributed by atoms with Crippen LogP contribution in [-0.2, 0) is 6.61 Å². The summed E-state index contributed by atoms with van der Waals surface area (Å²) < 4.78 is 11.0. The second-order valence-electron chi connectivity index (χ2n) is 4.50. The van der Waals surface area contributed by atoms with Gasteiger partial charge in [-0.1, -0.05) is 18.2 Å². The summed E-state index contributed by atoms with van der Waals surface area (Å²) >= 11 is 0. The van der Waals surface area contributed by atoms with Gasteiger partial charge in [-0.2, -0.15) is 0 Å². The van der Waals surface area contributed by atoms with Crippen molar-refractivity contribution in [1.82, 2.24) is 5.32 Å². The molecule has 4 nitrogen and oxygen atoms in total. The molecular formula is C15H17NO3. The van der Waals surface area contributed by atoms with Crippen molar-refractivity contribution in [3.05, 3.63) is 54.0 Å². The highest BCUT2D eigenvalue weighted by Crippen LogP contribution is 2.13. The minimum absolute atomic E-state index is 0.0848. The zero-order valence-electron chi connectivity index (χ0n) is 11.1. The monoisotopic (exact) mass is 259 g/mol. The van der Waals surface area contributed by atoms with Crippen LogP contribution in [0.5, 0.6) is 5.75 Å². The lowest BCUT2D eigenvalue weighted by atomic mass is 10.3. The Morgan fingerprint density at radius 1 is 1.21 bits per heavy atom. The van der Waals surface area contributed by atoms with Gasteiger partial charge >= 0.3 is 0 Å². The van der Waals surface area contributed by atoms with E-state index in [-0.39, 0.29) is 11.9 Å². The topological polar surface area (TPSA) is 51.5 Å². The Balaban J connectivity index is 1.92. The van der Waals surface area contributed by atoms with Crippen LogP contribution >= 0.6 is 0 Å². The maximum atomic E-state index is 11.7. The highest BCUT2D eigenvalue weighted by Gasteiger charge is 2.12. The minimum Gasteiger partial charge on any atom is -0.486 e. The van der Waals surface area contributed by atoms with Gasteiger partial charge in [0.1, 0.15) is 18.1 Å². The van der Waals surface area contributed by atoms with Gasteiger partial charge in [0.2, 0.25) is 0 Å². The third-order valence-corrected chi connectivity index (χ3v) is 2.43. The highest BCUT2D eigenvalue weighted by molar-refractivity contribution is 5.91.